The Morgan fingerprint density at radius 3 is 2.33 bits per heavy atom. The van der Waals surface area contributed by atoms with Gasteiger partial charge >= 0.3 is 0 Å². The summed E-state index contributed by atoms with van der Waals surface area (Å²) in [6.07, 6.45) is -0.353. The Balaban J connectivity index is 2.91. The van der Waals surface area contributed by atoms with Crippen LogP contribution in [-0.4, -0.2) is 25.4 Å². The van der Waals surface area contributed by atoms with E-state index in [0.29, 0.717) is 6.42 Å². The molecule has 0 bridgehead atoms. The lowest BCUT2D eigenvalue weighted by Crippen LogP contribution is -2.19. The van der Waals surface area contributed by atoms with Crippen LogP contribution in [0.15, 0.2) is 33.6 Å². The number of rotatable bonds is 4. The monoisotopic (exact) mass is 292 g/mol. The maximum Gasteiger partial charge on any atom is 0.180 e. The van der Waals surface area contributed by atoms with Crippen LogP contribution in [0.25, 0.3) is 0 Å². The van der Waals surface area contributed by atoms with Gasteiger partial charge in [0.15, 0.2) is 9.84 Å². The van der Waals surface area contributed by atoms with E-state index >= 15 is 0 Å². The van der Waals surface area contributed by atoms with Crippen LogP contribution in [0.1, 0.15) is 13.3 Å². The van der Waals surface area contributed by atoms with Crippen molar-refractivity contribution >= 4 is 25.8 Å². The summed E-state index contributed by atoms with van der Waals surface area (Å²) in [6, 6.07) is 6.40. The first-order valence-electron chi connectivity index (χ1n) is 4.62. The number of hydrogen-bond acceptors (Lipinski definition) is 3. The normalized spacial score (nSPS) is 13.8. The molecule has 5 heteroatoms. The average Bonchev–Trinajstić information content (AvgIpc) is 2.17. The summed E-state index contributed by atoms with van der Waals surface area (Å²) in [6.45, 7) is 1.75. The predicted molar refractivity (Wildman–Crippen MR) is 62.5 cm³/mol. The minimum atomic E-state index is -3.36. The molecule has 0 saturated heterocycles. The molecule has 0 amide bonds. The second-order valence-electron chi connectivity index (χ2n) is 3.30. The van der Waals surface area contributed by atoms with E-state index in [9.17, 15) is 13.5 Å². The molecule has 3 nitrogen and oxygen atoms in total. The van der Waals surface area contributed by atoms with E-state index in [2.05, 4.69) is 15.9 Å². The van der Waals surface area contributed by atoms with E-state index in [-0.39, 0.29) is 10.6 Å². The highest BCUT2D eigenvalue weighted by Crippen LogP contribution is 2.16. The van der Waals surface area contributed by atoms with Crippen molar-refractivity contribution in [3.05, 3.63) is 28.7 Å². The molecule has 0 aliphatic heterocycles. The minimum Gasteiger partial charge on any atom is -0.392 e. The number of aliphatic hydroxyl groups is 1. The van der Waals surface area contributed by atoms with Crippen molar-refractivity contribution in [1.29, 1.82) is 0 Å². The molecule has 0 radical (unpaired) electrons. The zero-order valence-corrected chi connectivity index (χ0v) is 10.8. The highest BCUT2D eigenvalue weighted by atomic mass is 79.9. The van der Waals surface area contributed by atoms with Crippen molar-refractivity contribution < 1.29 is 13.5 Å². The van der Waals surface area contributed by atoms with Crippen LogP contribution in [0.2, 0.25) is 0 Å². The van der Waals surface area contributed by atoms with Crippen LogP contribution >= 0.6 is 15.9 Å². The first-order valence-corrected chi connectivity index (χ1v) is 7.06. The summed E-state index contributed by atoms with van der Waals surface area (Å²) < 4.78 is 24.3. The second-order valence-corrected chi connectivity index (χ2v) is 6.25. The summed E-state index contributed by atoms with van der Waals surface area (Å²) in [4.78, 5) is 0.248. The van der Waals surface area contributed by atoms with Crippen molar-refractivity contribution in [2.24, 2.45) is 0 Å². The van der Waals surface area contributed by atoms with Crippen molar-refractivity contribution in [3.63, 3.8) is 0 Å². The van der Waals surface area contributed by atoms with Crippen LogP contribution in [0.5, 0.6) is 0 Å². The maximum absolute atomic E-state index is 11.7. The Kier molecular flexibility index (Phi) is 4.31. The number of hydrogen-bond donors (Lipinski definition) is 1. The van der Waals surface area contributed by atoms with Crippen LogP contribution in [0.3, 0.4) is 0 Å². The van der Waals surface area contributed by atoms with Crippen LogP contribution in [-0.2, 0) is 9.84 Å². The van der Waals surface area contributed by atoms with E-state index in [4.69, 9.17) is 0 Å². The molecule has 1 N–H and O–H groups in total. The lowest BCUT2D eigenvalue weighted by Gasteiger charge is -2.08. The highest BCUT2D eigenvalue weighted by Gasteiger charge is 2.18. The van der Waals surface area contributed by atoms with Crippen molar-refractivity contribution in [3.8, 4) is 0 Å². The Bertz CT molecular complexity index is 411. The molecular weight excluding hydrogens is 280 g/mol. The minimum absolute atomic E-state index is 0.217. The van der Waals surface area contributed by atoms with E-state index in [0.717, 1.165) is 4.47 Å². The zero-order valence-electron chi connectivity index (χ0n) is 8.35. The van der Waals surface area contributed by atoms with Crippen molar-refractivity contribution in [2.45, 2.75) is 24.3 Å². The maximum atomic E-state index is 11.7. The smallest absolute Gasteiger partial charge is 0.180 e. The van der Waals surface area contributed by atoms with Gasteiger partial charge < -0.3 is 5.11 Å². The molecule has 0 aliphatic rings. The van der Waals surface area contributed by atoms with E-state index in [1.165, 1.54) is 12.1 Å². The van der Waals surface area contributed by atoms with Crippen LogP contribution in [0.4, 0.5) is 0 Å². The summed E-state index contributed by atoms with van der Waals surface area (Å²) in [7, 11) is -3.36. The predicted octanol–water partition coefficient (Wildman–Crippen LogP) is 1.99. The van der Waals surface area contributed by atoms with Gasteiger partial charge in [-0.15, -0.1) is 0 Å². The molecule has 1 aromatic rings. The fourth-order valence-electron chi connectivity index (χ4n) is 1.11. The van der Waals surface area contributed by atoms with E-state index in [1.807, 2.05) is 0 Å². The van der Waals surface area contributed by atoms with Gasteiger partial charge in [0.1, 0.15) is 0 Å². The molecular formula is C10H13BrO3S. The Labute approximate surface area is 98.2 Å². The number of aliphatic hydroxyl groups excluding tert-OH is 1. The standard InChI is InChI=1S/C10H13BrO3S/c1-2-9(12)7-15(13,14)10-5-3-8(11)4-6-10/h3-6,9,12H,2,7H2,1H3. The summed E-state index contributed by atoms with van der Waals surface area (Å²) in [5, 5.41) is 9.32. The molecule has 1 unspecified atom stereocenters. The number of halogens is 1. The largest absolute Gasteiger partial charge is 0.392 e. The quantitative estimate of drug-likeness (QED) is 0.923. The highest BCUT2D eigenvalue weighted by molar-refractivity contribution is 9.10. The molecule has 1 aromatic carbocycles. The molecule has 84 valence electrons. The van der Waals surface area contributed by atoms with Crippen LogP contribution < -0.4 is 0 Å². The van der Waals surface area contributed by atoms with E-state index in [1.54, 1.807) is 19.1 Å². The fraction of sp³-hybridized carbons (Fsp3) is 0.400. The molecule has 0 saturated carbocycles. The molecule has 0 aromatic heterocycles. The van der Waals surface area contributed by atoms with E-state index < -0.39 is 15.9 Å². The third-order valence-corrected chi connectivity index (χ3v) is 4.40. The SMILES string of the molecule is CCC(O)CS(=O)(=O)c1ccc(Br)cc1. The first kappa shape index (κ1) is 12.7. The Hall–Kier alpha value is -0.390. The number of sulfone groups is 1. The molecule has 0 heterocycles. The zero-order chi connectivity index (χ0) is 11.5. The topological polar surface area (TPSA) is 54.4 Å². The van der Waals surface area contributed by atoms with Gasteiger partial charge in [0.2, 0.25) is 0 Å². The van der Waals surface area contributed by atoms with Crippen LogP contribution in [0, 0.1) is 0 Å². The molecule has 0 aliphatic carbocycles. The fourth-order valence-corrected chi connectivity index (χ4v) is 2.86. The Morgan fingerprint density at radius 1 is 1.33 bits per heavy atom. The summed E-state index contributed by atoms with van der Waals surface area (Å²) >= 11 is 3.23. The third-order valence-electron chi connectivity index (χ3n) is 2.06. The van der Waals surface area contributed by atoms with Gasteiger partial charge in [0.25, 0.3) is 0 Å². The van der Waals surface area contributed by atoms with Gasteiger partial charge in [-0.3, -0.25) is 0 Å². The first-order chi connectivity index (χ1) is 6.95. The van der Waals surface area contributed by atoms with Gasteiger partial charge in [-0.05, 0) is 30.7 Å². The Morgan fingerprint density at radius 2 is 1.87 bits per heavy atom. The molecule has 15 heavy (non-hydrogen) atoms. The van der Waals surface area contributed by atoms with Gasteiger partial charge in [-0.25, -0.2) is 8.42 Å². The van der Waals surface area contributed by atoms with Crippen molar-refractivity contribution in [2.75, 3.05) is 5.75 Å². The molecule has 0 fully saturated rings. The molecule has 0 spiro atoms. The van der Waals surface area contributed by atoms with Gasteiger partial charge in [0, 0.05) is 4.47 Å². The third kappa shape index (κ3) is 3.59. The second kappa shape index (κ2) is 5.09. The summed E-state index contributed by atoms with van der Waals surface area (Å²) in [5.74, 6) is -0.217. The lowest BCUT2D eigenvalue weighted by atomic mass is 10.3. The average molecular weight is 293 g/mol. The van der Waals surface area contributed by atoms with Gasteiger partial charge in [-0.2, -0.15) is 0 Å². The summed E-state index contributed by atoms with van der Waals surface area (Å²) in [5.41, 5.74) is 0. The van der Waals surface area contributed by atoms with Gasteiger partial charge in [-0.1, -0.05) is 22.9 Å². The van der Waals surface area contributed by atoms with Gasteiger partial charge in [0.05, 0.1) is 16.8 Å². The molecule has 1 rings (SSSR count). The lowest BCUT2D eigenvalue weighted by molar-refractivity contribution is 0.193. The number of benzene rings is 1. The molecule has 1 atom stereocenters. The van der Waals surface area contributed by atoms with Crippen molar-refractivity contribution in [1.82, 2.24) is 0 Å².